The van der Waals surface area contributed by atoms with Crippen LogP contribution in [0.3, 0.4) is 0 Å². The maximum absolute atomic E-state index is 13.6. The van der Waals surface area contributed by atoms with Crippen molar-refractivity contribution in [3.8, 4) is 0 Å². The highest BCUT2D eigenvalue weighted by Crippen LogP contribution is 2.18. The van der Waals surface area contributed by atoms with Crippen LogP contribution in [-0.4, -0.2) is 30.1 Å². The lowest BCUT2D eigenvalue weighted by Gasteiger charge is -2.22. The number of carbonyl (C=O) groups excluding carboxylic acids is 1. The molecule has 0 saturated carbocycles. The number of carboxylic acid groups (broad SMARTS) is 1. The second-order valence-corrected chi connectivity index (χ2v) is 4.53. The van der Waals surface area contributed by atoms with Gasteiger partial charge in [-0.05, 0) is 37.6 Å². The molecule has 0 radical (unpaired) electrons. The molecule has 19 heavy (non-hydrogen) atoms. The van der Waals surface area contributed by atoms with Gasteiger partial charge < -0.3 is 15.7 Å². The molecule has 0 aromatic heterocycles. The van der Waals surface area contributed by atoms with Crippen LogP contribution in [0.15, 0.2) is 18.2 Å². The molecule has 1 aliphatic heterocycles. The number of hydrogen-bond donors (Lipinski definition) is 3. The average Bonchev–Trinajstić information content (AvgIpc) is 2.41. The first kappa shape index (κ1) is 13.5. The highest BCUT2D eigenvalue weighted by atomic mass is 19.1. The third-order valence-electron chi connectivity index (χ3n) is 3.14. The molecule has 2 rings (SSSR count). The van der Waals surface area contributed by atoms with Crippen LogP contribution in [0, 0.1) is 11.7 Å². The van der Waals surface area contributed by atoms with Gasteiger partial charge in [-0.15, -0.1) is 0 Å². The Hall–Kier alpha value is -1.95. The van der Waals surface area contributed by atoms with Crippen molar-refractivity contribution in [2.24, 2.45) is 5.92 Å². The van der Waals surface area contributed by atoms with Crippen LogP contribution in [0.1, 0.15) is 23.2 Å². The standard InChI is InChI=1S/C13H15FN2O3/c14-10-6-8(13(18)19)3-4-11(10)16-12(17)9-2-1-5-15-7-9/h3-4,6,9,15H,1-2,5,7H2,(H,16,17)(H,18,19)/t9-/m1/s1. The predicted molar refractivity (Wildman–Crippen MR) is 67.6 cm³/mol. The Morgan fingerprint density at radius 3 is 2.79 bits per heavy atom. The highest BCUT2D eigenvalue weighted by Gasteiger charge is 2.21. The van der Waals surface area contributed by atoms with Gasteiger partial charge in [-0.3, -0.25) is 4.79 Å². The lowest BCUT2D eigenvalue weighted by atomic mass is 9.99. The first-order chi connectivity index (χ1) is 9.08. The number of carbonyl (C=O) groups is 2. The van der Waals surface area contributed by atoms with Crippen LogP contribution in [-0.2, 0) is 4.79 Å². The predicted octanol–water partition coefficient (Wildman–Crippen LogP) is 1.46. The lowest BCUT2D eigenvalue weighted by Crippen LogP contribution is -2.37. The fourth-order valence-corrected chi connectivity index (χ4v) is 2.06. The van der Waals surface area contributed by atoms with E-state index in [1.54, 1.807) is 0 Å². The van der Waals surface area contributed by atoms with E-state index in [-0.39, 0.29) is 23.1 Å². The van der Waals surface area contributed by atoms with Gasteiger partial charge in [0.25, 0.3) is 0 Å². The van der Waals surface area contributed by atoms with Gasteiger partial charge in [0.2, 0.25) is 5.91 Å². The third kappa shape index (κ3) is 3.29. The molecule has 3 N–H and O–H groups in total. The summed E-state index contributed by atoms with van der Waals surface area (Å²) in [5.41, 5.74) is -0.129. The number of anilines is 1. The van der Waals surface area contributed by atoms with Gasteiger partial charge >= 0.3 is 5.97 Å². The molecule has 0 unspecified atom stereocenters. The molecule has 1 fully saturated rings. The van der Waals surface area contributed by atoms with Gasteiger partial charge in [0.05, 0.1) is 17.2 Å². The average molecular weight is 266 g/mol. The van der Waals surface area contributed by atoms with E-state index in [2.05, 4.69) is 10.6 Å². The van der Waals surface area contributed by atoms with Crippen molar-refractivity contribution in [1.29, 1.82) is 0 Å². The van der Waals surface area contributed by atoms with E-state index in [9.17, 15) is 14.0 Å². The van der Waals surface area contributed by atoms with Crippen LogP contribution in [0.5, 0.6) is 0 Å². The summed E-state index contributed by atoms with van der Waals surface area (Å²) in [6.45, 7) is 1.48. The first-order valence-corrected chi connectivity index (χ1v) is 6.12. The fraction of sp³-hybridized carbons (Fsp3) is 0.385. The number of halogens is 1. The SMILES string of the molecule is O=C(O)c1ccc(NC(=O)[C@@H]2CCCNC2)c(F)c1. The number of amides is 1. The number of aromatic carboxylic acids is 1. The normalized spacial score (nSPS) is 18.9. The summed E-state index contributed by atoms with van der Waals surface area (Å²) in [6.07, 6.45) is 1.69. The van der Waals surface area contributed by atoms with Gasteiger partial charge in [0.15, 0.2) is 0 Å². The number of piperidine rings is 1. The van der Waals surface area contributed by atoms with E-state index in [1.165, 1.54) is 12.1 Å². The maximum Gasteiger partial charge on any atom is 0.335 e. The topological polar surface area (TPSA) is 78.4 Å². The van der Waals surface area contributed by atoms with Gasteiger partial charge in [0, 0.05) is 6.54 Å². The van der Waals surface area contributed by atoms with Crippen molar-refractivity contribution in [3.63, 3.8) is 0 Å². The van der Waals surface area contributed by atoms with Gasteiger partial charge in [-0.1, -0.05) is 0 Å². The molecule has 102 valence electrons. The van der Waals surface area contributed by atoms with Gasteiger partial charge in [0.1, 0.15) is 5.82 Å². The molecular weight excluding hydrogens is 251 g/mol. The Morgan fingerprint density at radius 1 is 1.42 bits per heavy atom. The first-order valence-electron chi connectivity index (χ1n) is 6.12. The van der Waals surface area contributed by atoms with Crippen LogP contribution >= 0.6 is 0 Å². The van der Waals surface area contributed by atoms with Crippen LogP contribution in [0.25, 0.3) is 0 Å². The smallest absolute Gasteiger partial charge is 0.335 e. The van der Waals surface area contributed by atoms with E-state index in [1.807, 2.05) is 0 Å². The van der Waals surface area contributed by atoms with Crippen molar-refractivity contribution >= 4 is 17.6 Å². The zero-order chi connectivity index (χ0) is 13.8. The monoisotopic (exact) mass is 266 g/mol. The number of benzene rings is 1. The van der Waals surface area contributed by atoms with E-state index in [0.717, 1.165) is 25.5 Å². The number of rotatable bonds is 3. The fourth-order valence-electron chi connectivity index (χ4n) is 2.06. The Bertz CT molecular complexity index is 499. The molecule has 1 aromatic carbocycles. The van der Waals surface area contributed by atoms with Crippen molar-refractivity contribution in [1.82, 2.24) is 5.32 Å². The van der Waals surface area contributed by atoms with Crippen molar-refractivity contribution in [3.05, 3.63) is 29.6 Å². The zero-order valence-electron chi connectivity index (χ0n) is 10.3. The van der Waals surface area contributed by atoms with Crippen molar-refractivity contribution in [2.45, 2.75) is 12.8 Å². The van der Waals surface area contributed by atoms with E-state index < -0.39 is 11.8 Å². The largest absolute Gasteiger partial charge is 0.478 e. The Labute approximate surface area is 109 Å². The molecule has 0 aliphatic carbocycles. The summed E-state index contributed by atoms with van der Waals surface area (Å²) in [5, 5.41) is 14.3. The van der Waals surface area contributed by atoms with Crippen molar-refractivity contribution < 1.29 is 19.1 Å². The summed E-state index contributed by atoms with van der Waals surface area (Å²) >= 11 is 0. The molecule has 1 atom stereocenters. The van der Waals surface area contributed by atoms with E-state index >= 15 is 0 Å². The summed E-state index contributed by atoms with van der Waals surface area (Å²) < 4.78 is 13.6. The summed E-state index contributed by atoms with van der Waals surface area (Å²) in [6, 6.07) is 3.43. The van der Waals surface area contributed by atoms with Gasteiger partial charge in [-0.25, -0.2) is 9.18 Å². The van der Waals surface area contributed by atoms with E-state index in [0.29, 0.717) is 6.54 Å². The second-order valence-electron chi connectivity index (χ2n) is 4.53. The second kappa shape index (κ2) is 5.79. The van der Waals surface area contributed by atoms with Crippen LogP contribution in [0.2, 0.25) is 0 Å². The number of hydrogen-bond acceptors (Lipinski definition) is 3. The molecule has 1 saturated heterocycles. The Morgan fingerprint density at radius 2 is 2.21 bits per heavy atom. The minimum absolute atomic E-state index is 0.0144. The third-order valence-corrected chi connectivity index (χ3v) is 3.14. The Kier molecular flexibility index (Phi) is 4.11. The Balaban J connectivity index is 2.06. The molecule has 6 heteroatoms. The molecular formula is C13H15FN2O3. The van der Waals surface area contributed by atoms with E-state index in [4.69, 9.17) is 5.11 Å². The molecule has 1 amide bonds. The molecule has 0 bridgehead atoms. The van der Waals surface area contributed by atoms with Gasteiger partial charge in [-0.2, -0.15) is 0 Å². The molecule has 1 aliphatic rings. The summed E-state index contributed by atoms with van der Waals surface area (Å²) in [7, 11) is 0. The summed E-state index contributed by atoms with van der Waals surface area (Å²) in [5.74, 6) is -2.35. The minimum Gasteiger partial charge on any atom is -0.478 e. The molecule has 0 spiro atoms. The molecule has 1 aromatic rings. The quantitative estimate of drug-likeness (QED) is 0.774. The number of nitrogens with one attached hydrogen (secondary N) is 2. The maximum atomic E-state index is 13.6. The van der Waals surface area contributed by atoms with Crippen LogP contribution in [0.4, 0.5) is 10.1 Å². The molecule has 1 heterocycles. The highest BCUT2D eigenvalue weighted by molar-refractivity contribution is 5.94. The number of carboxylic acids is 1. The van der Waals surface area contributed by atoms with Crippen molar-refractivity contribution in [2.75, 3.05) is 18.4 Å². The summed E-state index contributed by atoms with van der Waals surface area (Å²) in [4.78, 5) is 22.6. The van der Waals surface area contributed by atoms with Crippen LogP contribution < -0.4 is 10.6 Å². The lowest BCUT2D eigenvalue weighted by molar-refractivity contribution is -0.120. The zero-order valence-corrected chi connectivity index (χ0v) is 10.3. The minimum atomic E-state index is -1.20. The molecule has 5 nitrogen and oxygen atoms in total.